The summed E-state index contributed by atoms with van der Waals surface area (Å²) in [7, 11) is 1.63. The number of rotatable bonds is 12. The van der Waals surface area contributed by atoms with Crippen molar-refractivity contribution < 1.29 is 14.3 Å². The maximum absolute atomic E-state index is 13.7. The summed E-state index contributed by atoms with van der Waals surface area (Å²) in [4.78, 5) is 30.4. The van der Waals surface area contributed by atoms with Crippen LogP contribution in [0.4, 0.5) is 0 Å². The van der Waals surface area contributed by atoms with Crippen LogP contribution in [0.2, 0.25) is 0 Å². The van der Waals surface area contributed by atoms with E-state index in [2.05, 4.69) is 68.8 Å². The third-order valence-corrected chi connectivity index (χ3v) is 7.28. The van der Waals surface area contributed by atoms with Gasteiger partial charge in [-0.2, -0.15) is 0 Å². The lowest BCUT2D eigenvalue weighted by molar-refractivity contribution is -0.144. The highest BCUT2D eigenvalue weighted by Gasteiger charge is 2.30. The van der Waals surface area contributed by atoms with Crippen LogP contribution >= 0.6 is 0 Å². The van der Waals surface area contributed by atoms with Gasteiger partial charge in [0.2, 0.25) is 11.8 Å². The highest BCUT2D eigenvalue weighted by atomic mass is 16.5. The fraction of sp³-hybridized carbons (Fsp3) is 0.600. The van der Waals surface area contributed by atoms with Crippen molar-refractivity contribution >= 4 is 11.8 Å². The molecular formula is C30H45N3O3. The van der Waals surface area contributed by atoms with Crippen LogP contribution in [0, 0.1) is 12.8 Å². The van der Waals surface area contributed by atoms with E-state index in [1.54, 1.807) is 12.0 Å². The smallest absolute Gasteiger partial charge is 0.242 e. The molecule has 1 aliphatic carbocycles. The van der Waals surface area contributed by atoms with Gasteiger partial charge in [0.1, 0.15) is 0 Å². The number of amides is 2. The van der Waals surface area contributed by atoms with Gasteiger partial charge >= 0.3 is 0 Å². The number of aromatic nitrogens is 1. The Kier molecular flexibility index (Phi) is 10.2. The highest BCUT2D eigenvalue weighted by Crippen LogP contribution is 2.29. The van der Waals surface area contributed by atoms with E-state index in [0.717, 1.165) is 18.7 Å². The fourth-order valence-electron chi connectivity index (χ4n) is 5.14. The van der Waals surface area contributed by atoms with E-state index in [1.807, 2.05) is 11.0 Å². The second-order valence-corrected chi connectivity index (χ2v) is 11.3. The number of carbonyl (C=O) groups is 2. The van der Waals surface area contributed by atoms with Gasteiger partial charge in [-0.1, -0.05) is 55.5 Å². The summed E-state index contributed by atoms with van der Waals surface area (Å²) < 4.78 is 7.46. The van der Waals surface area contributed by atoms with Crippen molar-refractivity contribution in [3.05, 3.63) is 59.4 Å². The molecule has 36 heavy (non-hydrogen) atoms. The Bertz CT molecular complexity index is 985. The molecule has 1 heterocycles. The minimum absolute atomic E-state index is 0.0314. The van der Waals surface area contributed by atoms with E-state index in [-0.39, 0.29) is 23.9 Å². The third-order valence-electron chi connectivity index (χ3n) is 7.28. The van der Waals surface area contributed by atoms with Crippen molar-refractivity contribution in [1.82, 2.24) is 14.4 Å². The summed E-state index contributed by atoms with van der Waals surface area (Å²) in [6.07, 6.45) is 8.51. The molecule has 1 aromatic carbocycles. The van der Waals surface area contributed by atoms with E-state index in [1.165, 1.54) is 36.8 Å². The second-order valence-electron chi connectivity index (χ2n) is 11.3. The van der Waals surface area contributed by atoms with Crippen LogP contribution in [0.25, 0.3) is 0 Å². The monoisotopic (exact) mass is 495 g/mol. The van der Waals surface area contributed by atoms with Crippen molar-refractivity contribution in [1.29, 1.82) is 0 Å². The predicted octanol–water partition coefficient (Wildman–Crippen LogP) is 5.42. The van der Waals surface area contributed by atoms with Gasteiger partial charge in [-0.3, -0.25) is 9.59 Å². The largest absolute Gasteiger partial charge is 0.383 e. The predicted molar refractivity (Wildman–Crippen MR) is 145 cm³/mol. The summed E-state index contributed by atoms with van der Waals surface area (Å²) >= 11 is 0. The molecule has 6 nitrogen and oxygen atoms in total. The Morgan fingerprint density at radius 1 is 1.08 bits per heavy atom. The van der Waals surface area contributed by atoms with Crippen molar-refractivity contribution in [2.24, 2.45) is 5.92 Å². The van der Waals surface area contributed by atoms with Crippen molar-refractivity contribution in [3.63, 3.8) is 0 Å². The fourth-order valence-corrected chi connectivity index (χ4v) is 5.14. The number of methoxy groups -OCH3 is 1. The number of carbonyl (C=O) groups excluding carboxylic acids is 2. The minimum Gasteiger partial charge on any atom is -0.383 e. The van der Waals surface area contributed by atoms with E-state index in [9.17, 15) is 9.59 Å². The topological polar surface area (TPSA) is 54.8 Å². The number of hydrogen-bond acceptors (Lipinski definition) is 3. The maximum atomic E-state index is 13.7. The molecule has 0 spiro atoms. The Balaban J connectivity index is 1.70. The first-order valence-corrected chi connectivity index (χ1v) is 13.4. The summed E-state index contributed by atoms with van der Waals surface area (Å²) in [5.74, 6) is 0.682. The maximum Gasteiger partial charge on any atom is 0.242 e. The van der Waals surface area contributed by atoms with E-state index < -0.39 is 0 Å². The van der Waals surface area contributed by atoms with Gasteiger partial charge in [-0.15, -0.1) is 0 Å². The average molecular weight is 496 g/mol. The van der Waals surface area contributed by atoms with Crippen molar-refractivity contribution in [2.45, 2.75) is 84.8 Å². The Hall–Kier alpha value is -2.60. The molecule has 6 heteroatoms. The highest BCUT2D eigenvalue weighted by molar-refractivity contribution is 5.85. The normalized spacial score (nSPS) is 14.2. The molecule has 0 unspecified atom stereocenters. The van der Waals surface area contributed by atoms with Gasteiger partial charge < -0.3 is 19.1 Å². The molecule has 2 aromatic rings. The minimum atomic E-state index is -0.380. The second kappa shape index (κ2) is 13.1. The van der Waals surface area contributed by atoms with Gasteiger partial charge in [-0.25, -0.2) is 0 Å². The lowest BCUT2D eigenvalue weighted by Gasteiger charge is -2.37. The zero-order valence-electron chi connectivity index (χ0n) is 23.0. The molecule has 198 valence electrons. The molecule has 0 saturated heterocycles. The molecule has 0 N–H and O–H groups in total. The molecule has 2 amide bonds. The van der Waals surface area contributed by atoms with Crippen molar-refractivity contribution in [3.8, 4) is 0 Å². The molecule has 0 radical (unpaired) electrons. The quantitative estimate of drug-likeness (QED) is 0.395. The number of ether oxygens (including phenoxy) is 1. The molecule has 0 bridgehead atoms. The summed E-state index contributed by atoms with van der Waals surface area (Å²) in [6.45, 7) is 10.5. The van der Waals surface area contributed by atoms with Crippen molar-refractivity contribution in [2.75, 3.05) is 26.8 Å². The van der Waals surface area contributed by atoms with Crippen LogP contribution in [0.1, 0.15) is 76.1 Å². The van der Waals surface area contributed by atoms with Crippen LogP contribution < -0.4 is 0 Å². The molecule has 1 aromatic heterocycles. The molecular weight excluding hydrogens is 450 g/mol. The summed E-state index contributed by atoms with van der Waals surface area (Å²) in [5, 5.41) is 0. The molecule has 1 fully saturated rings. The molecule has 1 saturated carbocycles. The lowest BCUT2D eigenvalue weighted by atomic mass is 10.0. The third kappa shape index (κ3) is 8.22. The van der Waals surface area contributed by atoms with Crippen LogP contribution in [0.15, 0.2) is 42.6 Å². The van der Waals surface area contributed by atoms with E-state index in [0.29, 0.717) is 32.0 Å². The van der Waals surface area contributed by atoms with Crippen LogP contribution in [-0.4, -0.2) is 58.5 Å². The zero-order chi connectivity index (χ0) is 26.1. The SMILES string of the molecule is COCCN(CC(=O)N(Cc1cccn1Cc1cccc(C)c1)C(C)(C)C)C(=O)CCC1CCCC1. The van der Waals surface area contributed by atoms with Gasteiger partial charge in [0.15, 0.2) is 0 Å². The van der Waals surface area contributed by atoms with Crippen LogP contribution in [-0.2, 0) is 27.4 Å². The first-order chi connectivity index (χ1) is 17.2. The van der Waals surface area contributed by atoms with E-state index in [4.69, 9.17) is 4.74 Å². The zero-order valence-corrected chi connectivity index (χ0v) is 23.0. The van der Waals surface area contributed by atoms with Gasteiger partial charge in [-0.05, 0) is 57.7 Å². The standard InChI is InChI=1S/C30H45N3O3/c1-24-10-8-13-26(20-24)21-31-17-9-14-27(31)22-33(30(2,3)4)29(35)23-32(18-19-36-5)28(34)16-15-25-11-6-7-12-25/h8-10,13-14,17,20,25H,6-7,11-12,15-16,18-19,21-23H2,1-5H3. The Morgan fingerprint density at radius 2 is 1.83 bits per heavy atom. The molecule has 0 atom stereocenters. The van der Waals surface area contributed by atoms with Gasteiger partial charge in [0.25, 0.3) is 0 Å². The molecule has 1 aliphatic rings. The number of aryl methyl sites for hydroxylation is 1. The van der Waals surface area contributed by atoms with Gasteiger partial charge in [0.05, 0.1) is 19.7 Å². The summed E-state index contributed by atoms with van der Waals surface area (Å²) in [5.41, 5.74) is 3.17. The molecule has 3 rings (SSSR count). The number of hydrogen-bond donors (Lipinski definition) is 0. The van der Waals surface area contributed by atoms with E-state index >= 15 is 0 Å². The van der Waals surface area contributed by atoms with Gasteiger partial charge in [0, 0.05) is 44.0 Å². The Morgan fingerprint density at radius 3 is 2.50 bits per heavy atom. The first kappa shape index (κ1) is 28.0. The Labute approximate surface area is 217 Å². The number of benzene rings is 1. The summed E-state index contributed by atoms with van der Waals surface area (Å²) in [6, 6.07) is 12.6. The lowest BCUT2D eigenvalue weighted by Crippen LogP contribution is -2.50. The number of nitrogens with zero attached hydrogens (tertiary/aromatic N) is 3. The molecule has 0 aliphatic heterocycles. The van der Waals surface area contributed by atoms with Crippen LogP contribution in [0.5, 0.6) is 0 Å². The first-order valence-electron chi connectivity index (χ1n) is 13.4. The van der Waals surface area contributed by atoms with Crippen LogP contribution in [0.3, 0.4) is 0 Å². The average Bonchev–Trinajstić information content (AvgIpc) is 3.50.